The van der Waals surface area contributed by atoms with Crippen molar-refractivity contribution in [2.24, 2.45) is 23.5 Å². The van der Waals surface area contributed by atoms with Crippen LogP contribution in [0.5, 0.6) is 0 Å². The number of fused-ring (bicyclic) bond motifs is 2. The first-order valence-corrected chi connectivity index (χ1v) is 14.0. The van der Waals surface area contributed by atoms with Gasteiger partial charge in [-0.3, -0.25) is 19.2 Å². The largest absolute Gasteiger partial charge is 0.471 e. The van der Waals surface area contributed by atoms with Crippen molar-refractivity contribution in [1.82, 2.24) is 25.3 Å². The molecule has 10 nitrogen and oxygen atoms in total. The van der Waals surface area contributed by atoms with Gasteiger partial charge in [0.25, 0.3) is 0 Å². The fourth-order valence-electron chi connectivity index (χ4n) is 6.52. The molecule has 5 rings (SSSR count). The fourth-order valence-corrected chi connectivity index (χ4v) is 6.52. The van der Waals surface area contributed by atoms with E-state index in [1.54, 1.807) is 31.2 Å². The summed E-state index contributed by atoms with van der Waals surface area (Å²) >= 11 is 0. The molecule has 2 saturated carbocycles. The molecule has 3 N–H and O–H groups in total. The number of carbonyl (C=O) groups is 4. The lowest BCUT2D eigenvalue weighted by Gasteiger charge is -2.36. The summed E-state index contributed by atoms with van der Waals surface area (Å²) in [5.41, 5.74) is 6.05. The third-order valence-corrected chi connectivity index (χ3v) is 8.62. The number of alkyl halides is 3. The molecule has 2 heterocycles. The topological polar surface area (TPSA) is 139 Å². The second-order valence-corrected chi connectivity index (χ2v) is 11.2. The molecule has 4 amide bonds. The number of halogens is 3. The standard InChI is InChI=1S/C28H33F3N6O4/c1-2-36(23(24(32)38)21-18-8-4-3-6-16(18)13-33-35-21)26(40)22-19-9-5-7-17(19)14-37(22)25(39)20(12-15-10-11-15)34-27(41)28(29,30)31/h3-4,6,8,13,15,17,19-20,22-23H,2,5,7,9-12,14H2,1H3,(H2,32,38)(H,34,41)/t17-,19-,20-,22-,23?/m0/s1. The van der Waals surface area contributed by atoms with Gasteiger partial charge >= 0.3 is 12.1 Å². The maximum atomic E-state index is 14.3. The molecule has 1 aromatic heterocycles. The summed E-state index contributed by atoms with van der Waals surface area (Å²) in [4.78, 5) is 55.5. The van der Waals surface area contributed by atoms with Crippen LogP contribution < -0.4 is 11.1 Å². The number of hydrogen-bond acceptors (Lipinski definition) is 6. The minimum absolute atomic E-state index is 0.0177. The third kappa shape index (κ3) is 5.71. The van der Waals surface area contributed by atoms with E-state index < -0.39 is 47.9 Å². The Morgan fingerprint density at radius 3 is 2.54 bits per heavy atom. The second-order valence-electron chi connectivity index (χ2n) is 11.2. The van der Waals surface area contributed by atoms with Gasteiger partial charge in [-0.25, -0.2) is 0 Å². The van der Waals surface area contributed by atoms with Crippen molar-refractivity contribution in [2.75, 3.05) is 13.1 Å². The van der Waals surface area contributed by atoms with E-state index in [1.807, 2.05) is 5.32 Å². The Labute approximate surface area is 234 Å². The molecule has 13 heteroatoms. The number of nitrogens with one attached hydrogen (secondary N) is 1. The van der Waals surface area contributed by atoms with E-state index in [0.717, 1.165) is 25.7 Å². The van der Waals surface area contributed by atoms with Crippen molar-refractivity contribution in [3.05, 3.63) is 36.2 Å². The number of nitrogens with zero attached hydrogens (tertiary/aromatic N) is 4. The Kier molecular flexibility index (Phi) is 7.89. The summed E-state index contributed by atoms with van der Waals surface area (Å²) in [6.07, 6.45) is 0.236. The molecule has 1 saturated heterocycles. The summed E-state index contributed by atoms with van der Waals surface area (Å²) < 4.78 is 39.4. The minimum Gasteiger partial charge on any atom is -0.368 e. The first-order valence-electron chi connectivity index (χ1n) is 14.0. The number of likely N-dealkylation sites (tertiary alicyclic amines) is 1. The molecule has 2 aromatic rings. The quantitative estimate of drug-likeness (QED) is 0.472. The number of primary amides is 1. The molecule has 1 unspecified atom stereocenters. The predicted octanol–water partition coefficient (Wildman–Crippen LogP) is 2.48. The molecule has 0 bridgehead atoms. The van der Waals surface area contributed by atoms with Crippen molar-refractivity contribution in [3.63, 3.8) is 0 Å². The average Bonchev–Trinajstić information content (AvgIpc) is 3.51. The van der Waals surface area contributed by atoms with Gasteiger partial charge in [0.1, 0.15) is 17.8 Å². The number of amides is 4. The first-order chi connectivity index (χ1) is 19.5. The van der Waals surface area contributed by atoms with Gasteiger partial charge in [0.15, 0.2) is 6.04 Å². The highest BCUT2D eigenvalue weighted by Gasteiger charge is 2.53. The van der Waals surface area contributed by atoms with Crippen LogP contribution in [0.4, 0.5) is 13.2 Å². The highest BCUT2D eigenvalue weighted by Crippen LogP contribution is 2.44. The molecule has 0 spiro atoms. The lowest BCUT2D eigenvalue weighted by atomic mass is 9.92. The Morgan fingerprint density at radius 1 is 1.15 bits per heavy atom. The zero-order chi connectivity index (χ0) is 29.5. The van der Waals surface area contributed by atoms with Crippen molar-refractivity contribution in [2.45, 2.75) is 69.8 Å². The van der Waals surface area contributed by atoms with Gasteiger partial charge in [0.05, 0.1) is 6.20 Å². The highest BCUT2D eigenvalue weighted by atomic mass is 19.4. The van der Waals surface area contributed by atoms with Crippen LogP contribution >= 0.6 is 0 Å². The van der Waals surface area contributed by atoms with Gasteiger partial charge in [-0.05, 0) is 43.9 Å². The van der Waals surface area contributed by atoms with E-state index in [1.165, 1.54) is 16.0 Å². The maximum Gasteiger partial charge on any atom is 0.471 e. The summed E-state index contributed by atoms with van der Waals surface area (Å²) in [6, 6.07) is 3.40. The predicted molar refractivity (Wildman–Crippen MR) is 141 cm³/mol. The van der Waals surface area contributed by atoms with E-state index in [2.05, 4.69) is 10.2 Å². The van der Waals surface area contributed by atoms with Gasteiger partial charge in [-0.1, -0.05) is 43.5 Å². The summed E-state index contributed by atoms with van der Waals surface area (Å²) in [7, 11) is 0. The van der Waals surface area contributed by atoms with Crippen LogP contribution in [-0.4, -0.2) is 75.0 Å². The number of likely N-dealkylation sites (N-methyl/N-ethyl adjacent to an activating group) is 1. The van der Waals surface area contributed by atoms with E-state index in [-0.39, 0.29) is 43.0 Å². The van der Waals surface area contributed by atoms with Crippen LogP contribution in [-0.2, 0) is 19.2 Å². The fraction of sp³-hybridized carbons (Fsp3) is 0.571. The zero-order valence-electron chi connectivity index (χ0n) is 22.6. The molecule has 220 valence electrons. The van der Waals surface area contributed by atoms with Crippen molar-refractivity contribution in [1.29, 1.82) is 0 Å². The molecule has 41 heavy (non-hydrogen) atoms. The van der Waals surface area contributed by atoms with Crippen LogP contribution in [0.3, 0.4) is 0 Å². The Morgan fingerprint density at radius 2 is 1.88 bits per heavy atom. The Bertz CT molecular complexity index is 1340. The molecule has 0 radical (unpaired) electrons. The van der Waals surface area contributed by atoms with Gasteiger partial charge in [0, 0.05) is 23.9 Å². The molecule has 3 aliphatic rings. The SMILES string of the molecule is CCN(C(=O)[C@@H]1[C@H]2CCC[C@H]2CN1C(=O)[C@H](CC1CC1)NC(=O)C(F)(F)F)C(C(N)=O)c1nncc2ccccc12. The maximum absolute atomic E-state index is 14.3. The number of aromatic nitrogens is 2. The number of benzene rings is 1. The zero-order valence-corrected chi connectivity index (χ0v) is 22.6. The van der Waals surface area contributed by atoms with Crippen LogP contribution in [0.2, 0.25) is 0 Å². The molecule has 1 aromatic carbocycles. The number of rotatable bonds is 9. The van der Waals surface area contributed by atoms with Crippen molar-refractivity contribution >= 4 is 34.4 Å². The number of nitrogens with two attached hydrogens (primary N) is 1. The van der Waals surface area contributed by atoms with E-state index in [0.29, 0.717) is 17.2 Å². The third-order valence-electron chi connectivity index (χ3n) is 8.62. The molecular weight excluding hydrogens is 541 g/mol. The van der Waals surface area contributed by atoms with Gasteiger partial charge in [0.2, 0.25) is 17.7 Å². The first kappa shape index (κ1) is 28.7. The van der Waals surface area contributed by atoms with E-state index in [4.69, 9.17) is 5.73 Å². The lowest BCUT2D eigenvalue weighted by Crippen LogP contribution is -2.57. The summed E-state index contributed by atoms with van der Waals surface area (Å²) in [6.45, 7) is 1.93. The highest BCUT2D eigenvalue weighted by molar-refractivity contribution is 5.97. The van der Waals surface area contributed by atoms with E-state index >= 15 is 0 Å². The van der Waals surface area contributed by atoms with Crippen LogP contribution in [0.25, 0.3) is 10.8 Å². The van der Waals surface area contributed by atoms with Crippen molar-refractivity contribution < 1.29 is 32.3 Å². The smallest absolute Gasteiger partial charge is 0.368 e. The monoisotopic (exact) mass is 574 g/mol. The van der Waals surface area contributed by atoms with Crippen molar-refractivity contribution in [3.8, 4) is 0 Å². The molecule has 2 aliphatic carbocycles. The summed E-state index contributed by atoms with van der Waals surface area (Å²) in [5, 5.41) is 11.3. The van der Waals surface area contributed by atoms with Gasteiger partial charge < -0.3 is 20.9 Å². The summed E-state index contributed by atoms with van der Waals surface area (Å²) in [5.74, 6) is -4.46. The molecule has 5 atom stereocenters. The lowest BCUT2D eigenvalue weighted by molar-refractivity contribution is -0.175. The normalized spacial score (nSPS) is 23.6. The van der Waals surface area contributed by atoms with E-state index in [9.17, 15) is 32.3 Å². The Hall–Kier alpha value is -3.77. The minimum atomic E-state index is -5.15. The Balaban J connectivity index is 1.49. The molecule has 3 fully saturated rings. The molecule has 1 aliphatic heterocycles. The number of carbonyl (C=O) groups excluding carboxylic acids is 4. The number of hydrogen-bond donors (Lipinski definition) is 2. The van der Waals surface area contributed by atoms with Crippen LogP contribution in [0.15, 0.2) is 30.5 Å². The second kappa shape index (κ2) is 11.2. The van der Waals surface area contributed by atoms with Crippen LogP contribution in [0.1, 0.15) is 57.2 Å². The average molecular weight is 575 g/mol. The van der Waals surface area contributed by atoms with Crippen LogP contribution in [0, 0.1) is 17.8 Å². The molecular formula is C28H33F3N6O4. The van der Waals surface area contributed by atoms with Gasteiger partial charge in [-0.15, -0.1) is 0 Å². The van der Waals surface area contributed by atoms with Gasteiger partial charge in [-0.2, -0.15) is 23.4 Å².